The molecule has 0 aliphatic heterocycles. The molecule has 1 aliphatic rings. The highest BCUT2D eigenvalue weighted by Gasteiger charge is 2.32. The van der Waals surface area contributed by atoms with Crippen molar-refractivity contribution < 1.29 is 28.6 Å². The van der Waals surface area contributed by atoms with E-state index < -0.39 is 24.5 Å². The predicted molar refractivity (Wildman–Crippen MR) is 116 cm³/mol. The summed E-state index contributed by atoms with van der Waals surface area (Å²) in [5.74, 6) is -2.51. The highest BCUT2D eigenvalue weighted by atomic mass is 19.1. The second-order valence-corrected chi connectivity index (χ2v) is 8.21. The van der Waals surface area contributed by atoms with E-state index in [0.29, 0.717) is 43.4 Å². The molecule has 3 rings (SSSR count). The lowest BCUT2D eigenvalue weighted by Crippen LogP contribution is -2.41. The molecule has 3 N–H and O–H groups in total. The first-order valence-electron chi connectivity index (χ1n) is 10.8. The van der Waals surface area contributed by atoms with E-state index in [-0.39, 0.29) is 30.1 Å². The monoisotopic (exact) mass is 446 g/mol. The number of nitrogens with one attached hydrogen (secondary N) is 1. The van der Waals surface area contributed by atoms with Gasteiger partial charge in [0.1, 0.15) is 18.2 Å². The summed E-state index contributed by atoms with van der Waals surface area (Å²) in [7, 11) is 0. The number of halogens is 2. The van der Waals surface area contributed by atoms with Crippen LogP contribution in [0, 0.1) is 17.6 Å². The van der Waals surface area contributed by atoms with Gasteiger partial charge in [-0.1, -0.05) is 12.1 Å². The summed E-state index contributed by atoms with van der Waals surface area (Å²) in [6.07, 6.45) is 1.50. The van der Waals surface area contributed by atoms with E-state index in [1.807, 2.05) is 0 Å². The number of amides is 1. The Morgan fingerprint density at radius 3 is 2.41 bits per heavy atom. The van der Waals surface area contributed by atoms with Gasteiger partial charge >= 0.3 is 5.97 Å². The van der Waals surface area contributed by atoms with Gasteiger partial charge in [0.2, 0.25) is 5.91 Å². The van der Waals surface area contributed by atoms with Crippen molar-refractivity contribution in [2.24, 2.45) is 5.92 Å². The van der Waals surface area contributed by atoms with Crippen LogP contribution < -0.4 is 5.32 Å². The van der Waals surface area contributed by atoms with Crippen LogP contribution in [0.2, 0.25) is 0 Å². The van der Waals surface area contributed by atoms with Crippen molar-refractivity contribution in [2.75, 3.05) is 18.4 Å². The minimum absolute atomic E-state index is 0.172. The Morgan fingerprint density at radius 2 is 1.72 bits per heavy atom. The maximum atomic E-state index is 13.4. The zero-order valence-electron chi connectivity index (χ0n) is 17.7. The molecular formula is C24H28F2N2O4. The molecule has 1 saturated carbocycles. The van der Waals surface area contributed by atoms with Gasteiger partial charge in [0.05, 0.1) is 12.1 Å². The number of hydrogen-bond donors (Lipinski definition) is 3. The molecule has 0 radical (unpaired) electrons. The molecule has 8 heteroatoms. The molecule has 2 aromatic rings. The lowest BCUT2D eigenvalue weighted by molar-refractivity contribution is -0.146. The molecule has 0 spiro atoms. The average molecular weight is 446 g/mol. The van der Waals surface area contributed by atoms with Crippen molar-refractivity contribution in [1.29, 1.82) is 0 Å². The summed E-state index contributed by atoms with van der Waals surface area (Å²) in [5.41, 5.74) is 1.37. The summed E-state index contributed by atoms with van der Waals surface area (Å²) in [6, 6.07) is 11.6. The number of rotatable bonds is 8. The summed E-state index contributed by atoms with van der Waals surface area (Å²) >= 11 is 0. The Balaban J connectivity index is 1.62. The smallest absolute Gasteiger partial charge is 0.323 e. The van der Waals surface area contributed by atoms with E-state index in [0.717, 1.165) is 0 Å². The molecule has 1 fully saturated rings. The molecule has 0 aromatic heterocycles. The van der Waals surface area contributed by atoms with Crippen LogP contribution in [0.1, 0.15) is 31.2 Å². The van der Waals surface area contributed by atoms with Gasteiger partial charge < -0.3 is 20.4 Å². The first kappa shape index (κ1) is 23.7. The molecule has 1 amide bonds. The van der Waals surface area contributed by atoms with E-state index in [4.69, 9.17) is 0 Å². The topological polar surface area (TPSA) is 89.9 Å². The number of carboxylic acids is 1. The molecule has 3 atom stereocenters. The number of aliphatic hydroxyl groups is 1. The lowest BCUT2D eigenvalue weighted by atomic mass is 9.98. The van der Waals surface area contributed by atoms with Crippen LogP contribution in [0.3, 0.4) is 0 Å². The van der Waals surface area contributed by atoms with Crippen molar-refractivity contribution in [3.05, 3.63) is 65.7 Å². The average Bonchev–Trinajstić information content (AvgIpc) is 2.94. The van der Waals surface area contributed by atoms with Crippen molar-refractivity contribution in [3.63, 3.8) is 0 Å². The number of hydrogen-bond acceptors (Lipinski definition) is 4. The molecule has 0 heterocycles. The first-order chi connectivity index (χ1) is 15.3. The molecular weight excluding hydrogens is 418 g/mol. The van der Waals surface area contributed by atoms with Crippen molar-refractivity contribution in [2.45, 2.75) is 44.2 Å². The highest BCUT2D eigenvalue weighted by Crippen LogP contribution is 2.28. The van der Waals surface area contributed by atoms with Crippen LogP contribution in [-0.2, 0) is 16.0 Å². The van der Waals surface area contributed by atoms with Crippen LogP contribution in [-0.4, -0.2) is 52.2 Å². The summed E-state index contributed by atoms with van der Waals surface area (Å²) in [4.78, 5) is 25.8. The second-order valence-electron chi connectivity index (χ2n) is 8.21. The third-order valence-corrected chi connectivity index (χ3v) is 5.84. The van der Waals surface area contributed by atoms with Gasteiger partial charge in [0.15, 0.2) is 0 Å². The van der Waals surface area contributed by atoms with Gasteiger partial charge in [0.25, 0.3) is 0 Å². The quantitative estimate of drug-likeness (QED) is 0.541. The largest absolute Gasteiger partial charge is 0.480 e. The van der Waals surface area contributed by atoms with Crippen molar-refractivity contribution >= 4 is 17.6 Å². The van der Waals surface area contributed by atoms with Crippen LogP contribution in [0.5, 0.6) is 0 Å². The molecule has 6 nitrogen and oxygen atoms in total. The van der Waals surface area contributed by atoms with Gasteiger partial charge in [-0.2, -0.15) is 0 Å². The van der Waals surface area contributed by atoms with Crippen molar-refractivity contribution in [3.8, 4) is 0 Å². The standard InChI is InChI=1S/C24H28F2N2O4/c25-18-6-8-20(9-7-18)27-21-10-4-17(5-11-22(21)29)24(32)28(15-23(30)31)13-12-16-2-1-3-19(26)14-16/h1-3,6-9,14,17,21-22,27,29H,4-5,10-13,15H2,(H,30,31)/t17-,21+,22+/m1/s1. The van der Waals surface area contributed by atoms with Gasteiger partial charge in [-0.3, -0.25) is 9.59 Å². The van der Waals surface area contributed by atoms with Crippen molar-refractivity contribution in [1.82, 2.24) is 4.90 Å². The number of benzene rings is 2. The number of nitrogens with zero attached hydrogens (tertiary/aromatic N) is 1. The second kappa shape index (κ2) is 11.0. The number of anilines is 1. The van der Waals surface area contributed by atoms with Crippen LogP contribution in [0.15, 0.2) is 48.5 Å². The fraction of sp³-hybridized carbons (Fsp3) is 0.417. The Labute approximate surface area is 185 Å². The Bertz CT molecular complexity index is 922. The fourth-order valence-electron chi connectivity index (χ4n) is 4.11. The van der Waals surface area contributed by atoms with E-state index in [1.165, 1.54) is 29.2 Å². The van der Waals surface area contributed by atoms with Crippen LogP contribution in [0.25, 0.3) is 0 Å². The molecule has 0 saturated heterocycles. The molecule has 1 aliphatic carbocycles. The number of carboxylic acid groups (broad SMARTS) is 1. The van der Waals surface area contributed by atoms with E-state index in [9.17, 15) is 28.6 Å². The normalized spacial score (nSPS) is 20.9. The predicted octanol–water partition coefficient (Wildman–Crippen LogP) is 3.45. The maximum absolute atomic E-state index is 13.4. The number of carbonyl (C=O) groups excluding carboxylic acids is 1. The minimum Gasteiger partial charge on any atom is -0.480 e. The third kappa shape index (κ3) is 6.75. The molecule has 32 heavy (non-hydrogen) atoms. The van der Waals surface area contributed by atoms with Gasteiger partial charge in [-0.25, -0.2) is 8.78 Å². The van der Waals surface area contributed by atoms with Gasteiger partial charge in [-0.05, 0) is 74.1 Å². The number of aliphatic hydroxyl groups excluding tert-OH is 1. The number of carbonyl (C=O) groups is 2. The summed E-state index contributed by atoms with van der Waals surface area (Å²) < 4.78 is 26.5. The van der Waals surface area contributed by atoms with E-state index in [1.54, 1.807) is 24.3 Å². The summed E-state index contributed by atoms with van der Waals surface area (Å²) in [6.45, 7) is -0.255. The molecule has 0 unspecified atom stereocenters. The zero-order valence-corrected chi connectivity index (χ0v) is 17.7. The highest BCUT2D eigenvalue weighted by molar-refractivity contribution is 5.83. The van der Waals surface area contributed by atoms with Crippen LogP contribution >= 0.6 is 0 Å². The van der Waals surface area contributed by atoms with E-state index in [2.05, 4.69) is 5.32 Å². The Hall–Kier alpha value is -3.00. The molecule has 0 bridgehead atoms. The fourth-order valence-corrected chi connectivity index (χ4v) is 4.11. The molecule has 2 aromatic carbocycles. The van der Waals surface area contributed by atoms with E-state index >= 15 is 0 Å². The Morgan fingerprint density at radius 1 is 1.00 bits per heavy atom. The minimum atomic E-state index is -1.11. The lowest BCUT2D eigenvalue weighted by Gasteiger charge is -2.25. The van der Waals surface area contributed by atoms with Crippen LogP contribution in [0.4, 0.5) is 14.5 Å². The third-order valence-electron chi connectivity index (χ3n) is 5.84. The summed E-state index contributed by atoms with van der Waals surface area (Å²) in [5, 5.41) is 23.0. The SMILES string of the molecule is O=C(O)CN(CCc1cccc(F)c1)C(=O)[C@@H]1CC[C@H](Nc2ccc(F)cc2)[C@@H](O)CC1. The van der Waals surface area contributed by atoms with Gasteiger partial charge in [0, 0.05) is 18.2 Å². The van der Waals surface area contributed by atoms with Gasteiger partial charge in [-0.15, -0.1) is 0 Å². The zero-order chi connectivity index (χ0) is 23.1. The molecule has 172 valence electrons. The maximum Gasteiger partial charge on any atom is 0.323 e. The number of aliphatic carboxylic acids is 1. The first-order valence-corrected chi connectivity index (χ1v) is 10.8. The Kier molecular flexibility index (Phi) is 8.16.